The second kappa shape index (κ2) is 5.01. The van der Waals surface area contributed by atoms with Crippen LogP contribution in [-0.4, -0.2) is 27.5 Å². The summed E-state index contributed by atoms with van der Waals surface area (Å²) in [4.78, 5) is 0. The molecule has 0 aliphatic rings. The van der Waals surface area contributed by atoms with Crippen molar-refractivity contribution in [3.63, 3.8) is 0 Å². The lowest BCUT2D eigenvalue weighted by Gasteiger charge is -1.88. The van der Waals surface area contributed by atoms with Crippen molar-refractivity contribution in [2.75, 3.05) is 7.11 Å². The maximum Gasteiger partial charge on any atom is 0.423 e. The van der Waals surface area contributed by atoms with Crippen molar-refractivity contribution >= 4 is 15.4 Å². The van der Waals surface area contributed by atoms with E-state index in [0.717, 1.165) is 0 Å². The summed E-state index contributed by atoms with van der Waals surface area (Å²) in [6.45, 7) is 0. The number of hydrogen-bond acceptors (Lipinski definition) is 3. The van der Waals surface area contributed by atoms with Crippen LogP contribution in [-0.2, 0) is 9.23 Å². The maximum atomic E-state index is 7.90. The Balaban J connectivity index is 2.34. The molecule has 0 aliphatic carbocycles. The molecule has 0 amide bonds. The molecule has 0 bridgehead atoms. The lowest BCUT2D eigenvalue weighted by atomic mass is 10.3. The summed E-state index contributed by atoms with van der Waals surface area (Å²) in [5.74, 6) is 0. The Labute approximate surface area is 37.9 Å². The van der Waals surface area contributed by atoms with Crippen molar-refractivity contribution in [1.82, 2.24) is 0 Å². The van der Waals surface area contributed by atoms with E-state index in [4.69, 9.17) is 5.02 Å². The SMILES string of the molecule is COBOBO. The van der Waals surface area contributed by atoms with Crippen LogP contribution < -0.4 is 0 Å². The standard InChI is InChI=1S/CH6B2O3/c1-5-3-6-2-4/h2-4H,1H3. The van der Waals surface area contributed by atoms with Gasteiger partial charge in [-0.25, -0.2) is 0 Å². The quantitative estimate of drug-likeness (QED) is 0.325. The first kappa shape index (κ1) is 6.01. The van der Waals surface area contributed by atoms with Gasteiger partial charge in [-0.05, 0) is 0 Å². The Kier molecular flexibility index (Phi) is 5.02. The van der Waals surface area contributed by atoms with E-state index in [0.29, 0.717) is 0 Å². The molecule has 0 aromatic rings. The van der Waals surface area contributed by atoms with Crippen LogP contribution in [0.15, 0.2) is 0 Å². The van der Waals surface area contributed by atoms with Crippen molar-refractivity contribution in [3.8, 4) is 0 Å². The van der Waals surface area contributed by atoms with E-state index in [1.54, 1.807) is 0 Å². The van der Waals surface area contributed by atoms with Gasteiger partial charge in [0, 0.05) is 7.11 Å². The van der Waals surface area contributed by atoms with E-state index in [1.807, 2.05) is 0 Å². The van der Waals surface area contributed by atoms with Gasteiger partial charge in [0.1, 0.15) is 0 Å². The molecule has 6 heavy (non-hydrogen) atoms. The summed E-state index contributed by atoms with van der Waals surface area (Å²) in [5, 5.41) is 7.90. The molecular formula is CH6B2O3. The second-order valence-electron chi connectivity index (χ2n) is 0.740. The molecule has 0 saturated heterocycles. The first-order valence-corrected chi connectivity index (χ1v) is 1.59. The Bertz CT molecular complexity index is 20.8. The van der Waals surface area contributed by atoms with Crippen LogP contribution in [0.4, 0.5) is 0 Å². The molecule has 0 heterocycles. The predicted molar refractivity (Wildman–Crippen MR) is 24.6 cm³/mol. The minimum absolute atomic E-state index is 0.163. The fraction of sp³-hybridized carbons (Fsp3) is 1.00. The topological polar surface area (TPSA) is 38.7 Å². The molecule has 0 aromatic heterocycles. The van der Waals surface area contributed by atoms with Gasteiger partial charge in [-0.1, -0.05) is 0 Å². The van der Waals surface area contributed by atoms with Gasteiger partial charge in [0.25, 0.3) is 0 Å². The van der Waals surface area contributed by atoms with Crippen LogP contribution in [0.5, 0.6) is 0 Å². The Morgan fingerprint density at radius 2 is 2.33 bits per heavy atom. The van der Waals surface area contributed by atoms with Crippen LogP contribution in [0.3, 0.4) is 0 Å². The van der Waals surface area contributed by atoms with Crippen LogP contribution in [0, 0.1) is 0 Å². The zero-order chi connectivity index (χ0) is 4.83. The third-order valence-electron chi connectivity index (χ3n) is 0.292. The van der Waals surface area contributed by atoms with Gasteiger partial charge in [0.2, 0.25) is 0 Å². The van der Waals surface area contributed by atoms with Crippen molar-refractivity contribution in [3.05, 3.63) is 0 Å². The van der Waals surface area contributed by atoms with Gasteiger partial charge >= 0.3 is 15.4 Å². The summed E-state index contributed by atoms with van der Waals surface area (Å²) in [6.07, 6.45) is 0. The molecule has 1 N–H and O–H groups in total. The maximum absolute atomic E-state index is 7.90. The first-order valence-electron chi connectivity index (χ1n) is 1.59. The lowest BCUT2D eigenvalue weighted by molar-refractivity contribution is 0.348. The van der Waals surface area contributed by atoms with Crippen molar-refractivity contribution in [2.24, 2.45) is 0 Å². The molecule has 0 fully saturated rings. The van der Waals surface area contributed by atoms with Gasteiger partial charge in [-0.2, -0.15) is 0 Å². The molecule has 0 radical (unpaired) electrons. The largest absolute Gasteiger partial charge is 0.457 e. The van der Waals surface area contributed by atoms with E-state index < -0.39 is 0 Å². The Hall–Kier alpha value is 0.00987. The fourth-order valence-corrected chi connectivity index (χ4v) is 0.121. The molecule has 0 rings (SSSR count). The van der Waals surface area contributed by atoms with E-state index in [9.17, 15) is 0 Å². The van der Waals surface area contributed by atoms with Crippen molar-refractivity contribution in [1.29, 1.82) is 0 Å². The lowest BCUT2D eigenvalue weighted by Crippen LogP contribution is -2.04. The van der Waals surface area contributed by atoms with Crippen LogP contribution in [0.1, 0.15) is 0 Å². The van der Waals surface area contributed by atoms with Crippen molar-refractivity contribution in [2.45, 2.75) is 0 Å². The van der Waals surface area contributed by atoms with Gasteiger partial charge in [-0.3, -0.25) is 0 Å². The summed E-state index contributed by atoms with van der Waals surface area (Å²) < 4.78 is 8.72. The number of hydrogen-bond donors (Lipinski definition) is 1. The average molecular weight is 87.7 g/mol. The Morgan fingerprint density at radius 1 is 1.67 bits per heavy atom. The molecule has 34 valence electrons. The number of rotatable bonds is 3. The van der Waals surface area contributed by atoms with Crippen LogP contribution in [0.2, 0.25) is 0 Å². The monoisotopic (exact) mass is 88.1 g/mol. The van der Waals surface area contributed by atoms with Crippen molar-refractivity contribution < 1.29 is 14.3 Å². The van der Waals surface area contributed by atoms with Gasteiger partial charge in [0.05, 0.1) is 0 Å². The zero-order valence-electron chi connectivity index (χ0n) is 3.68. The molecule has 0 saturated carbocycles. The minimum atomic E-state index is -0.270. The highest BCUT2D eigenvalue weighted by molar-refractivity contribution is 6.33. The van der Waals surface area contributed by atoms with E-state index in [1.165, 1.54) is 7.11 Å². The van der Waals surface area contributed by atoms with E-state index >= 15 is 0 Å². The molecule has 0 atom stereocenters. The average Bonchev–Trinajstić information content (AvgIpc) is 1.61. The van der Waals surface area contributed by atoms with Crippen LogP contribution >= 0.6 is 0 Å². The minimum Gasteiger partial charge on any atom is -0.457 e. The summed E-state index contributed by atoms with van der Waals surface area (Å²) >= 11 is 0. The third kappa shape index (κ3) is 4.01. The van der Waals surface area contributed by atoms with Gasteiger partial charge < -0.3 is 14.3 Å². The smallest absolute Gasteiger partial charge is 0.423 e. The highest BCUT2D eigenvalue weighted by atomic mass is 16.6. The zero-order valence-corrected chi connectivity index (χ0v) is 3.68. The normalized spacial score (nSPS) is 7.67. The van der Waals surface area contributed by atoms with Crippen LogP contribution in [0.25, 0.3) is 0 Å². The molecule has 5 heteroatoms. The van der Waals surface area contributed by atoms with E-state index in [2.05, 4.69) is 9.23 Å². The van der Waals surface area contributed by atoms with Gasteiger partial charge in [0.15, 0.2) is 0 Å². The summed E-state index contributed by atoms with van der Waals surface area (Å²) in [6, 6.07) is 0. The summed E-state index contributed by atoms with van der Waals surface area (Å²) in [7, 11) is 1.39. The summed E-state index contributed by atoms with van der Waals surface area (Å²) in [5.41, 5.74) is 0. The molecule has 3 nitrogen and oxygen atoms in total. The molecule has 0 unspecified atom stereocenters. The fourth-order valence-electron chi connectivity index (χ4n) is 0.121. The molecule has 0 spiro atoms. The van der Waals surface area contributed by atoms with Gasteiger partial charge in [-0.15, -0.1) is 0 Å². The predicted octanol–water partition coefficient (Wildman–Crippen LogP) is -1.83. The first-order chi connectivity index (χ1) is 2.91. The highest BCUT2D eigenvalue weighted by Crippen LogP contribution is 1.59. The third-order valence-corrected chi connectivity index (χ3v) is 0.292. The molecule has 0 aliphatic heterocycles. The Morgan fingerprint density at radius 3 is 2.50 bits per heavy atom. The molecule has 0 aromatic carbocycles. The highest BCUT2D eigenvalue weighted by Gasteiger charge is 1.83. The van der Waals surface area contributed by atoms with E-state index in [-0.39, 0.29) is 15.4 Å². The second-order valence-corrected chi connectivity index (χ2v) is 0.740. The molecular weight excluding hydrogens is 81.6 g/mol.